The molecule has 184 valence electrons. The number of nitrogen functional groups attached to an aromatic ring is 1. The van der Waals surface area contributed by atoms with E-state index < -0.39 is 36.5 Å². The summed E-state index contributed by atoms with van der Waals surface area (Å²) < 4.78 is 33.9. The predicted octanol–water partition coefficient (Wildman–Crippen LogP) is 3.38. The molecule has 0 amide bonds. The number of aromatic nitrogens is 4. The molecule has 2 aromatic heterocycles. The van der Waals surface area contributed by atoms with Gasteiger partial charge in [-0.05, 0) is 35.9 Å². The van der Waals surface area contributed by atoms with Gasteiger partial charge in [-0.3, -0.25) is 4.57 Å². The predicted molar refractivity (Wildman–Crippen MR) is 126 cm³/mol. The Labute approximate surface area is 208 Å². The fourth-order valence-corrected chi connectivity index (χ4v) is 4.04. The molecule has 1 fully saturated rings. The van der Waals surface area contributed by atoms with Crippen molar-refractivity contribution in [3.63, 3.8) is 0 Å². The Bertz CT molecular complexity index is 1400. The second kappa shape index (κ2) is 9.88. The molecule has 10 nitrogen and oxygen atoms in total. The van der Waals surface area contributed by atoms with Gasteiger partial charge in [0.1, 0.15) is 18.2 Å². The summed E-state index contributed by atoms with van der Waals surface area (Å²) in [4.78, 5) is 37.2. The quantitative estimate of drug-likeness (QED) is 0.305. The smallest absolute Gasteiger partial charge is 0.338 e. The van der Waals surface area contributed by atoms with Crippen LogP contribution in [0.3, 0.4) is 0 Å². The van der Waals surface area contributed by atoms with Crippen LogP contribution in [0.2, 0.25) is 5.28 Å². The third kappa shape index (κ3) is 4.58. The third-order valence-electron chi connectivity index (χ3n) is 5.60. The molecule has 0 saturated carbocycles. The molecular weight excluding hydrogens is 493 g/mol. The molecule has 12 heteroatoms. The van der Waals surface area contributed by atoms with Gasteiger partial charge in [0.2, 0.25) is 5.28 Å². The molecule has 0 aliphatic carbocycles. The first-order valence-electron chi connectivity index (χ1n) is 10.9. The van der Waals surface area contributed by atoms with E-state index in [1.165, 1.54) is 10.9 Å². The van der Waals surface area contributed by atoms with Crippen LogP contribution >= 0.6 is 11.6 Å². The van der Waals surface area contributed by atoms with Gasteiger partial charge in [0.15, 0.2) is 30.0 Å². The van der Waals surface area contributed by atoms with Crippen LogP contribution in [-0.2, 0) is 14.2 Å². The van der Waals surface area contributed by atoms with Gasteiger partial charge in [0.25, 0.3) is 0 Å². The standard InChI is InChI=1S/C24H19ClFN5O5/c25-24-29-19(27)17-20(30-24)31(12-28-17)21-16(26)18(36-23(33)14-9-5-2-6-10-14)15(35-21)11-34-22(32)13-7-3-1-4-8-13/h1-10,12,15-16,18,21H,11H2,(H2,27,29,30)/t15-,16?,18?,21+/m1/s1. The number of benzene rings is 2. The van der Waals surface area contributed by atoms with E-state index in [0.717, 1.165) is 0 Å². The summed E-state index contributed by atoms with van der Waals surface area (Å²) in [6.07, 6.45) is -4.45. The van der Waals surface area contributed by atoms with Gasteiger partial charge in [-0.2, -0.15) is 9.97 Å². The Kier molecular flexibility index (Phi) is 6.49. The fraction of sp³-hybridized carbons (Fsp3) is 0.208. The van der Waals surface area contributed by atoms with Gasteiger partial charge in [-0.1, -0.05) is 36.4 Å². The molecule has 2 unspecified atom stereocenters. The highest BCUT2D eigenvalue weighted by Crippen LogP contribution is 2.36. The number of fused-ring (bicyclic) bond motifs is 1. The highest BCUT2D eigenvalue weighted by atomic mass is 35.5. The number of esters is 2. The Morgan fingerprint density at radius 3 is 2.33 bits per heavy atom. The van der Waals surface area contributed by atoms with Crippen LogP contribution in [0, 0.1) is 0 Å². The van der Waals surface area contributed by atoms with Crippen molar-refractivity contribution in [2.75, 3.05) is 12.3 Å². The summed E-state index contributed by atoms with van der Waals surface area (Å²) in [5.41, 5.74) is 6.73. The molecule has 1 aliphatic heterocycles. The topological polar surface area (TPSA) is 131 Å². The normalized spacial score (nSPS) is 21.4. The van der Waals surface area contributed by atoms with Crippen molar-refractivity contribution in [2.24, 2.45) is 0 Å². The molecule has 2 aromatic carbocycles. The number of carbonyl (C=O) groups is 2. The number of nitrogens with zero attached hydrogens (tertiary/aromatic N) is 4. The molecule has 1 saturated heterocycles. The summed E-state index contributed by atoms with van der Waals surface area (Å²) in [5.74, 6) is -1.37. The van der Waals surface area contributed by atoms with E-state index in [0.29, 0.717) is 5.56 Å². The van der Waals surface area contributed by atoms with Crippen LogP contribution in [0.5, 0.6) is 0 Å². The van der Waals surface area contributed by atoms with Crippen molar-refractivity contribution in [1.82, 2.24) is 19.5 Å². The number of hydrogen-bond acceptors (Lipinski definition) is 9. The minimum Gasteiger partial charge on any atom is -0.459 e. The van der Waals surface area contributed by atoms with Crippen molar-refractivity contribution >= 4 is 40.5 Å². The summed E-state index contributed by atoms with van der Waals surface area (Å²) in [5, 5.41) is -0.157. The second-order valence-corrected chi connectivity index (χ2v) is 8.25. The fourth-order valence-electron chi connectivity index (χ4n) is 3.87. The lowest BCUT2D eigenvalue weighted by Crippen LogP contribution is -2.37. The first-order chi connectivity index (χ1) is 17.4. The average molecular weight is 512 g/mol. The van der Waals surface area contributed by atoms with Gasteiger partial charge >= 0.3 is 11.9 Å². The Hall–Kier alpha value is -4.09. The zero-order valence-electron chi connectivity index (χ0n) is 18.5. The summed E-state index contributed by atoms with van der Waals surface area (Å²) in [6.45, 7) is -0.373. The number of alkyl halides is 1. The number of anilines is 1. The number of halogens is 2. The number of ether oxygens (including phenoxy) is 3. The van der Waals surface area contributed by atoms with E-state index in [-0.39, 0.29) is 34.4 Å². The van der Waals surface area contributed by atoms with E-state index in [9.17, 15) is 9.59 Å². The lowest BCUT2D eigenvalue weighted by Gasteiger charge is -2.19. The van der Waals surface area contributed by atoms with Crippen molar-refractivity contribution in [3.05, 3.63) is 83.4 Å². The molecule has 2 N–H and O–H groups in total. The molecule has 3 heterocycles. The molecule has 0 bridgehead atoms. The number of carbonyl (C=O) groups excluding carboxylic acids is 2. The monoisotopic (exact) mass is 511 g/mol. The van der Waals surface area contributed by atoms with E-state index >= 15 is 4.39 Å². The molecule has 36 heavy (non-hydrogen) atoms. The first-order valence-corrected chi connectivity index (χ1v) is 11.2. The third-order valence-corrected chi connectivity index (χ3v) is 5.77. The van der Waals surface area contributed by atoms with Crippen molar-refractivity contribution in [1.29, 1.82) is 0 Å². The zero-order chi connectivity index (χ0) is 25.2. The lowest BCUT2D eigenvalue weighted by molar-refractivity contribution is -0.0570. The van der Waals surface area contributed by atoms with Gasteiger partial charge in [-0.25, -0.2) is 19.0 Å². The van der Waals surface area contributed by atoms with E-state index in [1.807, 2.05) is 0 Å². The zero-order valence-corrected chi connectivity index (χ0v) is 19.3. The Morgan fingerprint density at radius 2 is 1.67 bits per heavy atom. The maximum atomic E-state index is 15.8. The summed E-state index contributed by atoms with van der Waals surface area (Å²) in [7, 11) is 0. The maximum Gasteiger partial charge on any atom is 0.338 e. The highest BCUT2D eigenvalue weighted by Gasteiger charge is 2.50. The van der Waals surface area contributed by atoms with Gasteiger partial charge < -0.3 is 19.9 Å². The van der Waals surface area contributed by atoms with Crippen LogP contribution in [0.4, 0.5) is 10.2 Å². The van der Waals surface area contributed by atoms with Crippen LogP contribution < -0.4 is 5.73 Å². The SMILES string of the molecule is Nc1nc(Cl)nc2c1ncn2[C@H]1O[C@H](COC(=O)c2ccccc2)C(OC(=O)c2ccccc2)C1F. The molecule has 4 atom stereocenters. The first kappa shape index (κ1) is 23.6. The summed E-state index contributed by atoms with van der Waals surface area (Å²) in [6, 6.07) is 16.4. The largest absolute Gasteiger partial charge is 0.459 e. The molecule has 0 radical (unpaired) electrons. The minimum atomic E-state index is -1.87. The second-order valence-electron chi connectivity index (χ2n) is 7.91. The van der Waals surface area contributed by atoms with Crippen LogP contribution in [0.15, 0.2) is 67.0 Å². The van der Waals surface area contributed by atoms with Crippen molar-refractivity contribution in [2.45, 2.75) is 24.6 Å². The number of imidazole rings is 1. The van der Waals surface area contributed by atoms with Crippen LogP contribution in [-0.4, -0.2) is 56.4 Å². The van der Waals surface area contributed by atoms with Crippen molar-refractivity contribution < 1.29 is 28.2 Å². The number of rotatable bonds is 6. The van der Waals surface area contributed by atoms with E-state index in [2.05, 4.69) is 15.0 Å². The molecule has 4 aromatic rings. The number of nitrogens with two attached hydrogens (primary N) is 1. The summed E-state index contributed by atoms with van der Waals surface area (Å²) >= 11 is 5.93. The van der Waals surface area contributed by atoms with Gasteiger partial charge in [0, 0.05) is 0 Å². The van der Waals surface area contributed by atoms with Crippen LogP contribution in [0.25, 0.3) is 11.2 Å². The lowest BCUT2D eigenvalue weighted by atomic mass is 10.1. The van der Waals surface area contributed by atoms with E-state index in [1.54, 1.807) is 60.7 Å². The maximum absolute atomic E-state index is 15.8. The average Bonchev–Trinajstić information content (AvgIpc) is 3.44. The molecule has 1 aliphatic rings. The molecular formula is C24H19ClFN5O5. The van der Waals surface area contributed by atoms with Gasteiger partial charge in [0.05, 0.1) is 17.5 Å². The molecule has 0 spiro atoms. The molecule has 5 rings (SSSR count). The Balaban J connectivity index is 1.42. The Morgan fingerprint density at radius 1 is 1.03 bits per heavy atom. The highest BCUT2D eigenvalue weighted by molar-refractivity contribution is 6.28. The van der Waals surface area contributed by atoms with Crippen molar-refractivity contribution in [3.8, 4) is 0 Å². The van der Waals surface area contributed by atoms with Gasteiger partial charge in [-0.15, -0.1) is 0 Å². The number of hydrogen-bond donors (Lipinski definition) is 1. The van der Waals surface area contributed by atoms with E-state index in [4.69, 9.17) is 31.5 Å². The minimum absolute atomic E-state index is 0.0116. The van der Waals surface area contributed by atoms with Crippen LogP contribution in [0.1, 0.15) is 26.9 Å².